The third-order valence-electron chi connectivity index (χ3n) is 3.18. The number of sulfonamides is 1. The molecule has 5 nitrogen and oxygen atoms in total. The maximum absolute atomic E-state index is 12.7. The summed E-state index contributed by atoms with van der Waals surface area (Å²) in [6.07, 6.45) is 3.93. The summed E-state index contributed by atoms with van der Waals surface area (Å²) < 4.78 is 27.2. The van der Waals surface area contributed by atoms with Crippen LogP contribution in [0.3, 0.4) is 0 Å². The number of benzene rings is 1. The normalized spacial score (nSPS) is 12.0. The molecule has 0 aliphatic rings. The predicted molar refractivity (Wildman–Crippen MR) is 88.5 cm³/mol. The van der Waals surface area contributed by atoms with Gasteiger partial charge in [0.2, 0.25) is 10.0 Å². The Labute approximate surface area is 135 Å². The summed E-state index contributed by atoms with van der Waals surface area (Å²) in [7, 11) is -3.66. The van der Waals surface area contributed by atoms with Crippen molar-refractivity contribution in [3.63, 3.8) is 0 Å². The molecule has 0 bridgehead atoms. The Kier molecular flexibility index (Phi) is 7.65. The maximum atomic E-state index is 12.7. The molecule has 21 heavy (non-hydrogen) atoms. The van der Waals surface area contributed by atoms with Crippen molar-refractivity contribution in [1.82, 2.24) is 4.31 Å². The zero-order chi connectivity index (χ0) is 15.9. The average molecular weight is 379 g/mol. The molecule has 0 saturated carbocycles. The second-order valence-corrected chi connectivity index (χ2v) is 7.64. The second kappa shape index (κ2) is 8.73. The first-order chi connectivity index (χ1) is 9.93. The van der Waals surface area contributed by atoms with Crippen molar-refractivity contribution in [2.24, 2.45) is 0 Å². The van der Waals surface area contributed by atoms with E-state index in [2.05, 4.69) is 22.9 Å². The third-order valence-corrected chi connectivity index (χ3v) is 6.08. The summed E-state index contributed by atoms with van der Waals surface area (Å²) >= 11 is 3.25. The molecule has 3 N–H and O–H groups in total. The molecule has 1 rings (SSSR count). The molecular formula is C14H23BrN2O3S. The van der Waals surface area contributed by atoms with Crippen LogP contribution in [-0.2, 0) is 10.0 Å². The van der Waals surface area contributed by atoms with Crippen LogP contribution in [0.1, 0.15) is 32.6 Å². The van der Waals surface area contributed by atoms with E-state index in [0.717, 1.165) is 25.7 Å². The van der Waals surface area contributed by atoms with Crippen LogP contribution in [0, 0.1) is 0 Å². The molecule has 1 aromatic rings. The van der Waals surface area contributed by atoms with Gasteiger partial charge in [0.15, 0.2) is 0 Å². The second-order valence-electron chi connectivity index (χ2n) is 4.88. The topological polar surface area (TPSA) is 83.6 Å². The monoisotopic (exact) mass is 378 g/mol. The van der Waals surface area contributed by atoms with Crippen molar-refractivity contribution in [3.8, 4) is 0 Å². The highest BCUT2D eigenvalue weighted by molar-refractivity contribution is 9.10. The minimum absolute atomic E-state index is 0.0930. The molecule has 0 fully saturated rings. The van der Waals surface area contributed by atoms with Crippen molar-refractivity contribution in [2.45, 2.75) is 37.5 Å². The molecule has 0 heterocycles. The van der Waals surface area contributed by atoms with Crippen LogP contribution in [0.2, 0.25) is 0 Å². The first-order valence-electron chi connectivity index (χ1n) is 7.09. The number of hydrogen-bond acceptors (Lipinski definition) is 4. The van der Waals surface area contributed by atoms with E-state index in [1.54, 1.807) is 12.1 Å². The Morgan fingerprint density at radius 3 is 2.57 bits per heavy atom. The molecule has 120 valence electrons. The van der Waals surface area contributed by atoms with Gasteiger partial charge in [-0.15, -0.1) is 0 Å². The molecule has 0 radical (unpaired) electrons. The smallest absolute Gasteiger partial charge is 0.244 e. The van der Waals surface area contributed by atoms with Gasteiger partial charge in [0.1, 0.15) is 0 Å². The number of aliphatic hydroxyl groups is 1. The summed E-state index contributed by atoms with van der Waals surface area (Å²) in [4.78, 5) is 0.145. The minimum atomic E-state index is -3.66. The fourth-order valence-electron chi connectivity index (χ4n) is 2.04. The Hall–Kier alpha value is -0.630. The van der Waals surface area contributed by atoms with Gasteiger partial charge in [0.25, 0.3) is 0 Å². The van der Waals surface area contributed by atoms with Crippen molar-refractivity contribution in [2.75, 3.05) is 25.4 Å². The SMILES string of the molecule is CCCCCCN(CCO)S(=O)(=O)c1cc(N)ccc1Br. The lowest BCUT2D eigenvalue weighted by Crippen LogP contribution is -2.34. The van der Waals surface area contributed by atoms with Gasteiger partial charge in [0.05, 0.1) is 11.5 Å². The van der Waals surface area contributed by atoms with E-state index in [1.807, 2.05) is 0 Å². The fraction of sp³-hybridized carbons (Fsp3) is 0.571. The highest BCUT2D eigenvalue weighted by Crippen LogP contribution is 2.27. The fourth-order valence-corrected chi connectivity index (χ4v) is 4.46. The summed E-state index contributed by atoms with van der Waals surface area (Å²) in [5, 5.41) is 9.13. The number of rotatable bonds is 9. The average Bonchev–Trinajstić information content (AvgIpc) is 2.44. The van der Waals surface area contributed by atoms with Crippen LogP contribution >= 0.6 is 15.9 Å². The first kappa shape index (κ1) is 18.4. The number of nitrogens with zero attached hydrogens (tertiary/aromatic N) is 1. The molecule has 0 spiro atoms. The maximum Gasteiger partial charge on any atom is 0.244 e. The van der Waals surface area contributed by atoms with E-state index in [4.69, 9.17) is 10.8 Å². The number of aliphatic hydroxyl groups excluding tert-OH is 1. The number of hydrogen-bond donors (Lipinski definition) is 2. The molecule has 1 aromatic carbocycles. The third kappa shape index (κ3) is 5.25. The highest BCUT2D eigenvalue weighted by atomic mass is 79.9. The Bertz CT molecular complexity index is 549. The van der Waals surface area contributed by atoms with Crippen LogP contribution < -0.4 is 5.73 Å². The lowest BCUT2D eigenvalue weighted by Gasteiger charge is -2.22. The van der Waals surface area contributed by atoms with Gasteiger partial charge in [-0.3, -0.25) is 0 Å². The van der Waals surface area contributed by atoms with Crippen LogP contribution in [0.25, 0.3) is 0 Å². The lowest BCUT2D eigenvalue weighted by molar-refractivity contribution is 0.251. The van der Waals surface area contributed by atoms with E-state index in [-0.39, 0.29) is 18.0 Å². The van der Waals surface area contributed by atoms with Gasteiger partial charge in [0, 0.05) is 23.2 Å². The van der Waals surface area contributed by atoms with Crippen LogP contribution in [0.5, 0.6) is 0 Å². The van der Waals surface area contributed by atoms with Gasteiger partial charge in [-0.25, -0.2) is 8.42 Å². The summed E-state index contributed by atoms with van der Waals surface area (Å²) in [6, 6.07) is 4.70. The number of unbranched alkanes of at least 4 members (excludes halogenated alkanes) is 3. The quantitative estimate of drug-likeness (QED) is 0.510. The predicted octanol–water partition coefficient (Wildman–Crippen LogP) is 2.59. The summed E-state index contributed by atoms with van der Waals surface area (Å²) in [6.45, 7) is 2.40. The number of nitrogens with two attached hydrogens (primary N) is 1. The molecule has 0 saturated heterocycles. The van der Waals surface area contributed by atoms with E-state index < -0.39 is 10.0 Å². The van der Waals surface area contributed by atoms with E-state index >= 15 is 0 Å². The first-order valence-corrected chi connectivity index (χ1v) is 9.32. The summed E-state index contributed by atoms with van der Waals surface area (Å²) in [5.74, 6) is 0. The van der Waals surface area contributed by atoms with Gasteiger partial charge < -0.3 is 10.8 Å². The Morgan fingerprint density at radius 2 is 1.95 bits per heavy atom. The van der Waals surface area contributed by atoms with E-state index in [1.165, 1.54) is 10.4 Å². The standard InChI is InChI=1S/C14H23BrN2O3S/c1-2-3-4-5-8-17(9-10-18)21(19,20)14-11-12(16)6-7-13(14)15/h6-7,11,18H,2-5,8-10,16H2,1H3. The molecule has 0 aliphatic heterocycles. The zero-order valence-corrected chi connectivity index (χ0v) is 14.7. The molecule has 0 atom stereocenters. The van der Waals surface area contributed by atoms with Crippen molar-refractivity contribution < 1.29 is 13.5 Å². The van der Waals surface area contributed by atoms with Crippen molar-refractivity contribution >= 4 is 31.6 Å². The van der Waals surface area contributed by atoms with E-state index in [9.17, 15) is 8.42 Å². The van der Waals surface area contributed by atoms with Crippen LogP contribution in [0.15, 0.2) is 27.6 Å². The molecule has 0 aliphatic carbocycles. The number of anilines is 1. The Balaban J connectivity index is 2.95. The van der Waals surface area contributed by atoms with Gasteiger partial charge in [-0.2, -0.15) is 4.31 Å². The molecule has 0 unspecified atom stereocenters. The van der Waals surface area contributed by atoms with Gasteiger partial charge in [-0.1, -0.05) is 26.2 Å². The largest absolute Gasteiger partial charge is 0.399 e. The Morgan fingerprint density at radius 1 is 1.24 bits per heavy atom. The highest BCUT2D eigenvalue weighted by Gasteiger charge is 2.26. The summed E-state index contributed by atoms with van der Waals surface area (Å²) in [5.41, 5.74) is 6.08. The van der Waals surface area contributed by atoms with Crippen LogP contribution in [0.4, 0.5) is 5.69 Å². The lowest BCUT2D eigenvalue weighted by atomic mass is 10.2. The van der Waals surface area contributed by atoms with Crippen LogP contribution in [-0.4, -0.2) is 37.5 Å². The molecule has 7 heteroatoms. The number of nitrogen functional groups attached to an aromatic ring is 1. The molecule has 0 amide bonds. The molecule has 0 aromatic heterocycles. The number of halogens is 1. The van der Waals surface area contributed by atoms with Crippen molar-refractivity contribution in [3.05, 3.63) is 22.7 Å². The van der Waals surface area contributed by atoms with E-state index in [0.29, 0.717) is 16.7 Å². The van der Waals surface area contributed by atoms with Crippen molar-refractivity contribution in [1.29, 1.82) is 0 Å². The zero-order valence-electron chi connectivity index (χ0n) is 12.3. The minimum Gasteiger partial charge on any atom is -0.399 e. The van der Waals surface area contributed by atoms with Gasteiger partial charge in [-0.05, 0) is 40.5 Å². The molecular weight excluding hydrogens is 356 g/mol. The van der Waals surface area contributed by atoms with Gasteiger partial charge >= 0.3 is 0 Å².